The molecular formula is C29H33NO3. The van der Waals surface area contributed by atoms with E-state index in [9.17, 15) is 4.79 Å². The van der Waals surface area contributed by atoms with Gasteiger partial charge in [0, 0.05) is 17.0 Å². The molecule has 1 aliphatic carbocycles. The molecule has 0 unspecified atom stereocenters. The Morgan fingerprint density at radius 1 is 0.788 bits per heavy atom. The van der Waals surface area contributed by atoms with Crippen molar-refractivity contribution < 1.29 is 14.3 Å². The van der Waals surface area contributed by atoms with Crippen molar-refractivity contribution in [3.63, 3.8) is 0 Å². The molecule has 4 heteroatoms. The lowest BCUT2D eigenvalue weighted by molar-refractivity contribution is -0.0320. The highest BCUT2D eigenvalue weighted by molar-refractivity contribution is 5.94. The van der Waals surface area contributed by atoms with E-state index in [0.29, 0.717) is 37.9 Å². The standard InChI is InChI=1S/C29H33NO3/c1-23-17-29(21-32-19-24-11-5-2-6-12-24,22-33-20-25-13-7-3-8-14-25)18-27(23)30-28(31)26-15-9-4-10-16-26/h2-16,23,27H,17-22H2,1H3,(H,30,31)/t23-,27-/m1/s1. The second-order valence-electron chi connectivity index (χ2n) is 9.29. The molecule has 3 aromatic carbocycles. The van der Waals surface area contributed by atoms with Crippen LogP contribution in [-0.2, 0) is 22.7 Å². The van der Waals surface area contributed by atoms with Gasteiger partial charge in [0.15, 0.2) is 0 Å². The van der Waals surface area contributed by atoms with Crippen LogP contribution in [0.1, 0.15) is 41.3 Å². The minimum absolute atomic E-state index is 0.0151. The molecular weight excluding hydrogens is 410 g/mol. The van der Waals surface area contributed by atoms with Crippen molar-refractivity contribution in [3.05, 3.63) is 108 Å². The largest absolute Gasteiger partial charge is 0.376 e. The van der Waals surface area contributed by atoms with Crippen LogP contribution < -0.4 is 5.32 Å². The second-order valence-corrected chi connectivity index (χ2v) is 9.29. The van der Waals surface area contributed by atoms with Crippen LogP contribution in [0, 0.1) is 11.3 Å². The summed E-state index contributed by atoms with van der Waals surface area (Å²) in [5.41, 5.74) is 2.90. The highest BCUT2D eigenvalue weighted by Crippen LogP contribution is 2.43. The molecule has 0 spiro atoms. The predicted octanol–water partition coefficient (Wildman–Crippen LogP) is 5.63. The van der Waals surface area contributed by atoms with E-state index in [1.165, 1.54) is 0 Å². The van der Waals surface area contributed by atoms with Gasteiger partial charge in [0.05, 0.1) is 26.4 Å². The monoisotopic (exact) mass is 443 g/mol. The molecule has 0 heterocycles. The third kappa shape index (κ3) is 6.53. The van der Waals surface area contributed by atoms with Gasteiger partial charge < -0.3 is 14.8 Å². The van der Waals surface area contributed by atoms with E-state index < -0.39 is 0 Å². The fourth-order valence-electron chi connectivity index (χ4n) is 4.81. The first kappa shape index (κ1) is 23.2. The molecule has 4 nitrogen and oxygen atoms in total. The number of ether oxygens (including phenoxy) is 2. The molecule has 1 N–H and O–H groups in total. The van der Waals surface area contributed by atoms with Crippen molar-refractivity contribution in [2.75, 3.05) is 13.2 Å². The van der Waals surface area contributed by atoms with Crippen LogP contribution >= 0.6 is 0 Å². The average molecular weight is 444 g/mol. The normalized spacial score (nSPS) is 19.3. The number of carbonyl (C=O) groups excluding carboxylic acids is 1. The van der Waals surface area contributed by atoms with Gasteiger partial charge in [-0.2, -0.15) is 0 Å². The van der Waals surface area contributed by atoms with Gasteiger partial charge in [-0.05, 0) is 42.0 Å². The van der Waals surface area contributed by atoms with Crippen LogP contribution in [0.2, 0.25) is 0 Å². The highest BCUT2D eigenvalue weighted by Gasteiger charge is 2.44. The third-order valence-electron chi connectivity index (χ3n) is 6.49. The second kappa shape index (κ2) is 11.3. The summed E-state index contributed by atoms with van der Waals surface area (Å²) in [6.07, 6.45) is 1.80. The Hall–Kier alpha value is -2.95. The van der Waals surface area contributed by atoms with Gasteiger partial charge in [0.1, 0.15) is 0 Å². The van der Waals surface area contributed by atoms with Gasteiger partial charge in [0.25, 0.3) is 5.91 Å². The van der Waals surface area contributed by atoms with Crippen molar-refractivity contribution in [3.8, 4) is 0 Å². The van der Waals surface area contributed by atoms with Gasteiger partial charge in [-0.25, -0.2) is 0 Å². The number of amides is 1. The van der Waals surface area contributed by atoms with Gasteiger partial charge in [0.2, 0.25) is 0 Å². The predicted molar refractivity (Wildman–Crippen MR) is 131 cm³/mol. The summed E-state index contributed by atoms with van der Waals surface area (Å²) in [7, 11) is 0. The summed E-state index contributed by atoms with van der Waals surface area (Å²) in [5, 5.41) is 3.27. The Balaban J connectivity index is 1.40. The van der Waals surface area contributed by atoms with Crippen LogP contribution in [0.25, 0.3) is 0 Å². The van der Waals surface area contributed by atoms with E-state index >= 15 is 0 Å². The van der Waals surface area contributed by atoms with Gasteiger partial charge in [-0.3, -0.25) is 4.79 Å². The number of nitrogens with one attached hydrogen (secondary N) is 1. The summed E-state index contributed by atoms with van der Waals surface area (Å²) in [5.74, 6) is 0.331. The molecule has 0 aliphatic heterocycles. The van der Waals surface area contributed by atoms with E-state index in [1.807, 2.05) is 66.7 Å². The van der Waals surface area contributed by atoms with Crippen LogP contribution in [0.15, 0.2) is 91.0 Å². The van der Waals surface area contributed by atoms with Gasteiger partial charge >= 0.3 is 0 Å². The van der Waals surface area contributed by atoms with Crippen LogP contribution in [0.4, 0.5) is 0 Å². The number of hydrogen-bond donors (Lipinski definition) is 1. The lowest BCUT2D eigenvalue weighted by Crippen LogP contribution is -2.38. The number of benzene rings is 3. The Labute approximate surface area is 196 Å². The summed E-state index contributed by atoms with van der Waals surface area (Å²) in [4.78, 5) is 12.8. The zero-order valence-corrected chi connectivity index (χ0v) is 19.3. The zero-order valence-electron chi connectivity index (χ0n) is 19.3. The van der Waals surface area contributed by atoms with Crippen molar-refractivity contribution in [1.82, 2.24) is 5.32 Å². The molecule has 1 saturated carbocycles. The molecule has 1 fully saturated rings. The maximum absolute atomic E-state index is 12.8. The van der Waals surface area contributed by atoms with Gasteiger partial charge in [-0.15, -0.1) is 0 Å². The van der Waals surface area contributed by atoms with E-state index in [4.69, 9.17) is 9.47 Å². The van der Waals surface area contributed by atoms with Crippen LogP contribution in [-0.4, -0.2) is 25.2 Å². The minimum Gasteiger partial charge on any atom is -0.376 e. The Kier molecular flexibility index (Phi) is 7.92. The van der Waals surface area contributed by atoms with Crippen molar-refractivity contribution >= 4 is 5.91 Å². The summed E-state index contributed by atoms with van der Waals surface area (Å²) in [6, 6.07) is 30.0. The third-order valence-corrected chi connectivity index (χ3v) is 6.49. The quantitative estimate of drug-likeness (QED) is 0.441. The van der Waals surface area contributed by atoms with Crippen molar-refractivity contribution in [1.29, 1.82) is 0 Å². The molecule has 0 aromatic heterocycles. The fourth-order valence-corrected chi connectivity index (χ4v) is 4.81. The van der Waals surface area contributed by atoms with E-state index in [2.05, 4.69) is 36.5 Å². The lowest BCUT2D eigenvalue weighted by Gasteiger charge is -2.29. The SMILES string of the molecule is C[C@@H]1CC(COCc2ccccc2)(COCc2ccccc2)C[C@H]1NC(=O)c1ccccc1. The lowest BCUT2D eigenvalue weighted by atomic mass is 9.87. The summed E-state index contributed by atoms with van der Waals surface area (Å²) in [6.45, 7) is 4.59. The first-order chi connectivity index (χ1) is 16.1. The summed E-state index contributed by atoms with van der Waals surface area (Å²) >= 11 is 0. The molecule has 0 saturated heterocycles. The smallest absolute Gasteiger partial charge is 0.251 e. The Bertz CT molecular complexity index is 946. The maximum atomic E-state index is 12.8. The van der Waals surface area contributed by atoms with E-state index in [0.717, 1.165) is 24.0 Å². The van der Waals surface area contributed by atoms with Gasteiger partial charge in [-0.1, -0.05) is 85.8 Å². The topological polar surface area (TPSA) is 47.6 Å². The molecule has 172 valence electrons. The number of rotatable bonds is 10. The first-order valence-electron chi connectivity index (χ1n) is 11.7. The Morgan fingerprint density at radius 2 is 1.27 bits per heavy atom. The number of hydrogen-bond acceptors (Lipinski definition) is 3. The van der Waals surface area contributed by atoms with Crippen LogP contribution in [0.3, 0.4) is 0 Å². The molecule has 4 rings (SSSR count). The van der Waals surface area contributed by atoms with Crippen molar-refractivity contribution in [2.24, 2.45) is 11.3 Å². The van der Waals surface area contributed by atoms with E-state index in [-0.39, 0.29) is 17.4 Å². The minimum atomic E-state index is -0.127. The molecule has 0 bridgehead atoms. The van der Waals surface area contributed by atoms with Crippen LogP contribution in [0.5, 0.6) is 0 Å². The van der Waals surface area contributed by atoms with E-state index in [1.54, 1.807) is 0 Å². The molecule has 3 aromatic rings. The maximum Gasteiger partial charge on any atom is 0.251 e. The molecule has 33 heavy (non-hydrogen) atoms. The number of carbonyl (C=O) groups is 1. The Morgan fingerprint density at radius 3 is 1.79 bits per heavy atom. The highest BCUT2D eigenvalue weighted by atomic mass is 16.5. The zero-order chi connectivity index (χ0) is 22.9. The molecule has 0 radical (unpaired) electrons. The first-order valence-corrected chi connectivity index (χ1v) is 11.7. The molecule has 1 aliphatic rings. The van der Waals surface area contributed by atoms with Crippen molar-refractivity contribution in [2.45, 2.75) is 39.0 Å². The fraction of sp³-hybridized carbons (Fsp3) is 0.345. The molecule has 1 amide bonds. The average Bonchev–Trinajstić information content (AvgIpc) is 3.15. The summed E-state index contributed by atoms with van der Waals surface area (Å²) < 4.78 is 12.4. The molecule has 2 atom stereocenters.